The average Bonchev–Trinajstić information content (AvgIpc) is 2.71. The molecule has 7 heteroatoms. The molecule has 0 spiro atoms. The van der Waals surface area contributed by atoms with Crippen LogP contribution < -0.4 is 5.73 Å². The Morgan fingerprint density at radius 2 is 2.20 bits per heavy atom. The van der Waals surface area contributed by atoms with Crippen molar-refractivity contribution < 1.29 is 4.79 Å². The SMILES string of the molecule is CC(=O)N1CCn2c(C#CC[C@H](C)N)cnc2C1.Cl.Cl. The maximum Gasteiger partial charge on any atom is 0.219 e. The lowest BCUT2D eigenvalue weighted by Gasteiger charge is -2.26. The fraction of sp³-hybridized carbons (Fsp3) is 0.538. The zero-order valence-electron chi connectivity index (χ0n) is 11.6. The van der Waals surface area contributed by atoms with Crippen molar-refractivity contribution in [3.05, 3.63) is 17.7 Å². The van der Waals surface area contributed by atoms with Gasteiger partial charge in [-0.15, -0.1) is 24.8 Å². The van der Waals surface area contributed by atoms with Crippen molar-refractivity contribution in [3.8, 4) is 11.8 Å². The van der Waals surface area contributed by atoms with Crippen LogP contribution in [0.1, 0.15) is 31.8 Å². The number of nitrogens with zero attached hydrogens (tertiary/aromatic N) is 3. The minimum Gasteiger partial charge on any atom is -0.334 e. The minimum atomic E-state index is 0. The Morgan fingerprint density at radius 1 is 1.50 bits per heavy atom. The van der Waals surface area contributed by atoms with Crippen LogP contribution >= 0.6 is 24.8 Å². The largest absolute Gasteiger partial charge is 0.334 e. The van der Waals surface area contributed by atoms with Gasteiger partial charge in [-0.05, 0) is 12.8 Å². The molecule has 0 saturated heterocycles. The topological polar surface area (TPSA) is 64.2 Å². The Kier molecular flexibility index (Phi) is 7.66. The molecular formula is C13H20Cl2N4O. The smallest absolute Gasteiger partial charge is 0.219 e. The second-order valence-electron chi connectivity index (χ2n) is 4.64. The van der Waals surface area contributed by atoms with E-state index < -0.39 is 0 Å². The molecule has 0 fully saturated rings. The third kappa shape index (κ3) is 4.41. The van der Waals surface area contributed by atoms with Gasteiger partial charge in [-0.3, -0.25) is 4.79 Å². The number of fused-ring (bicyclic) bond motifs is 1. The summed E-state index contributed by atoms with van der Waals surface area (Å²) in [7, 11) is 0. The second kappa shape index (κ2) is 8.15. The number of aromatic nitrogens is 2. The van der Waals surface area contributed by atoms with Crippen molar-refractivity contribution in [2.45, 2.75) is 39.4 Å². The number of nitrogens with two attached hydrogens (primary N) is 1. The van der Waals surface area contributed by atoms with E-state index in [9.17, 15) is 4.79 Å². The lowest BCUT2D eigenvalue weighted by atomic mass is 10.2. The minimum absolute atomic E-state index is 0. The predicted octanol–water partition coefficient (Wildman–Crippen LogP) is 1.18. The van der Waals surface area contributed by atoms with E-state index in [0.29, 0.717) is 13.0 Å². The first-order valence-corrected chi connectivity index (χ1v) is 6.12. The van der Waals surface area contributed by atoms with Gasteiger partial charge in [0.2, 0.25) is 5.91 Å². The Morgan fingerprint density at radius 3 is 2.80 bits per heavy atom. The summed E-state index contributed by atoms with van der Waals surface area (Å²) in [4.78, 5) is 17.4. The third-order valence-electron chi connectivity index (χ3n) is 2.95. The average molecular weight is 319 g/mol. The summed E-state index contributed by atoms with van der Waals surface area (Å²) in [6.45, 7) is 5.58. The first-order chi connectivity index (χ1) is 8.58. The van der Waals surface area contributed by atoms with Crippen molar-refractivity contribution >= 4 is 30.7 Å². The van der Waals surface area contributed by atoms with Gasteiger partial charge in [0.15, 0.2) is 0 Å². The summed E-state index contributed by atoms with van der Waals surface area (Å²) in [5.41, 5.74) is 6.56. The predicted molar refractivity (Wildman–Crippen MR) is 83.0 cm³/mol. The standard InChI is InChI=1S/C13H18N4O.2ClH/c1-10(14)4-3-5-12-8-15-13-9-16(11(2)18)6-7-17(12)13;;/h8,10H,4,6-7,9,14H2,1-2H3;2*1H/t10-;;/m0../s1. The number of carbonyl (C=O) groups is 1. The van der Waals surface area contributed by atoms with Crippen molar-refractivity contribution in [2.75, 3.05) is 6.54 Å². The maximum absolute atomic E-state index is 11.3. The molecule has 1 aromatic rings. The van der Waals surface area contributed by atoms with E-state index in [1.807, 2.05) is 6.92 Å². The van der Waals surface area contributed by atoms with Gasteiger partial charge in [-0.1, -0.05) is 5.92 Å². The monoisotopic (exact) mass is 318 g/mol. The van der Waals surface area contributed by atoms with Gasteiger partial charge >= 0.3 is 0 Å². The fourth-order valence-electron chi connectivity index (χ4n) is 1.93. The van der Waals surface area contributed by atoms with Crippen LogP contribution in [-0.4, -0.2) is 32.9 Å². The number of carbonyl (C=O) groups excluding carboxylic acids is 1. The second-order valence-corrected chi connectivity index (χ2v) is 4.64. The summed E-state index contributed by atoms with van der Waals surface area (Å²) >= 11 is 0. The zero-order valence-corrected chi connectivity index (χ0v) is 13.3. The number of hydrogen-bond acceptors (Lipinski definition) is 3. The summed E-state index contributed by atoms with van der Waals surface area (Å²) in [5.74, 6) is 7.15. The van der Waals surface area contributed by atoms with E-state index in [1.54, 1.807) is 18.0 Å². The number of hydrogen-bond donors (Lipinski definition) is 1. The molecular weight excluding hydrogens is 299 g/mol. The van der Waals surface area contributed by atoms with Crippen LogP contribution in [-0.2, 0) is 17.9 Å². The summed E-state index contributed by atoms with van der Waals surface area (Å²) in [5, 5.41) is 0. The quantitative estimate of drug-likeness (QED) is 0.791. The van der Waals surface area contributed by atoms with Gasteiger partial charge in [0.1, 0.15) is 11.5 Å². The van der Waals surface area contributed by atoms with Gasteiger partial charge in [0, 0.05) is 32.5 Å². The van der Waals surface area contributed by atoms with E-state index in [0.717, 1.165) is 24.6 Å². The van der Waals surface area contributed by atoms with Crippen molar-refractivity contribution in [2.24, 2.45) is 5.73 Å². The number of rotatable bonds is 1. The van der Waals surface area contributed by atoms with Gasteiger partial charge in [-0.2, -0.15) is 0 Å². The molecule has 0 unspecified atom stereocenters. The van der Waals surface area contributed by atoms with Gasteiger partial charge < -0.3 is 15.2 Å². The Balaban J connectivity index is 0.00000180. The number of imidazole rings is 1. The Hall–Kier alpha value is -1.22. The normalized spacial score (nSPS) is 14.1. The molecule has 1 amide bonds. The highest BCUT2D eigenvalue weighted by atomic mass is 35.5. The van der Waals surface area contributed by atoms with E-state index in [-0.39, 0.29) is 36.8 Å². The highest BCUT2D eigenvalue weighted by molar-refractivity contribution is 5.85. The van der Waals surface area contributed by atoms with Gasteiger partial charge in [0.25, 0.3) is 0 Å². The van der Waals surface area contributed by atoms with E-state index in [1.165, 1.54) is 0 Å². The molecule has 1 aliphatic heterocycles. The van der Waals surface area contributed by atoms with E-state index >= 15 is 0 Å². The lowest BCUT2D eigenvalue weighted by Crippen LogP contribution is -2.37. The Labute approximate surface area is 131 Å². The molecule has 2 heterocycles. The van der Waals surface area contributed by atoms with E-state index in [2.05, 4.69) is 21.4 Å². The molecule has 1 atom stereocenters. The molecule has 20 heavy (non-hydrogen) atoms. The van der Waals surface area contributed by atoms with Crippen LogP contribution in [0.3, 0.4) is 0 Å². The molecule has 5 nitrogen and oxygen atoms in total. The van der Waals surface area contributed by atoms with Crippen LogP contribution in [0.4, 0.5) is 0 Å². The molecule has 1 aromatic heterocycles. The lowest BCUT2D eigenvalue weighted by molar-refractivity contribution is -0.130. The van der Waals surface area contributed by atoms with Gasteiger partial charge in [0.05, 0.1) is 12.7 Å². The molecule has 2 rings (SSSR count). The first-order valence-electron chi connectivity index (χ1n) is 6.12. The fourth-order valence-corrected chi connectivity index (χ4v) is 1.93. The van der Waals surface area contributed by atoms with Crippen LogP contribution in [0, 0.1) is 11.8 Å². The maximum atomic E-state index is 11.3. The van der Waals surface area contributed by atoms with Gasteiger partial charge in [-0.25, -0.2) is 4.98 Å². The van der Waals surface area contributed by atoms with Crippen molar-refractivity contribution in [1.29, 1.82) is 0 Å². The van der Waals surface area contributed by atoms with Crippen molar-refractivity contribution in [1.82, 2.24) is 14.5 Å². The molecule has 2 N–H and O–H groups in total. The molecule has 112 valence electrons. The molecule has 0 aromatic carbocycles. The van der Waals surface area contributed by atoms with Crippen molar-refractivity contribution in [3.63, 3.8) is 0 Å². The van der Waals surface area contributed by atoms with Crippen LogP contribution in [0.2, 0.25) is 0 Å². The van der Waals surface area contributed by atoms with E-state index in [4.69, 9.17) is 5.73 Å². The molecule has 0 radical (unpaired) electrons. The summed E-state index contributed by atoms with van der Waals surface area (Å²) in [6.07, 6.45) is 2.45. The summed E-state index contributed by atoms with van der Waals surface area (Å²) < 4.78 is 2.08. The van der Waals surface area contributed by atoms with Crippen LogP contribution in [0.5, 0.6) is 0 Å². The Bertz CT molecular complexity index is 516. The first kappa shape index (κ1) is 18.8. The van der Waals surface area contributed by atoms with Crippen LogP contribution in [0.15, 0.2) is 6.20 Å². The number of halogens is 2. The molecule has 1 aliphatic rings. The third-order valence-corrected chi connectivity index (χ3v) is 2.95. The highest BCUT2D eigenvalue weighted by Gasteiger charge is 2.20. The highest BCUT2D eigenvalue weighted by Crippen LogP contribution is 2.13. The molecule has 0 saturated carbocycles. The summed E-state index contributed by atoms with van der Waals surface area (Å²) in [6, 6.07) is 0.0921. The number of amides is 1. The molecule has 0 aliphatic carbocycles. The molecule has 0 bridgehead atoms. The van der Waals surface area contributed by atoms with Crippen LogP contribution in [0.25, 0.3) is 0 Å². The zero-order chi connectivity index (χ0) is 13.1.